The Morgan fingerprint density at radius 1 is 1.10 bits per heavy atom. The predicted octanol–water partition coefficient (Wildman–Crippen LogP) is 5.20. The van der Waals surface area contributed by atoms with Crippen molar-refractivity contribution < 1.29 is 19.1 Å². The fraction of sp³-hybridized carbons (Fsp3) is 0.167. The Balaban J connectivity index is 1.60. The molecule has 0 bridgehead atoms. The molecule has 0 spiro atoms. The molecule has 0 saturated carbocycles. The Morgan fingerprint density at radius 2 is 1.80 bits per heavy atom. The summed E-state index contributed by atoms with van der Waals surface area (Å²) in [6, 6.07) is 19.1. The minimum Gasteiger partial charge on any atom is -0.478 e. The van der Waals surface area contributed by atoms with E-state index in [1.165, 1.54) is 23.9 Å². The first-order valence-corrected chi connectivity index (χ1v) is 10.6. The van der Waals surface area contributed by atoms with Crippen molar-refractivity contribution in [2.75, 3.05) is 10.7 Å². The number of thioether (sulfide) groups is 1. The zero-order valence-corrected chi connectivity index (χ0v) is 17.2. The van der Waals surface area contributed by atoms with E-state index in [0.29, 0.717) is 17.7 Å². The normalized spacial score (nSPS) is 16.1. The van der Waals surface area contributed by atoms with Crippen molar-refractivity contribution in [3.05, 3.63) is 100 Å². The molecule has 1 fully saturated rings. The highest BCUT2D eigenvalue weighted by atomic mass is 32.2. The highest BCUT2D eigenvalue weighted by Crippen LogP contribution is 2.41. The zero-order valence-electron chi connectivity index (χ0n) is 16.3. The number of hydrogen-bond acceptors (Lipinski definition) is 3. The summed E-state index contributed by atoms with van der Waals surface area (Å²) in [6.07, 6.45) is 0.499. The highest BCUT2D eigenvalue weighted by Gasteiger charge is 2.34. The smallest absolute Gasteiger partial charge is 0.335 e. The quantitative estimate of drug-likeness (QED) is 0.615. The average molecular weight is 421 g/mol. The van der Waals surface area contributed by atoms with Gasteiger partial charge in [-0.1, -0.05) is 36.4 Å². The third kappa shape index (κ3) is 3.96. The van der Waals surface area contributed by atoms with Gasteiger partial charge in [-0.05, 0) is 65.9 Å². The van der Waals surface area contributed by atoms with Gasteiger partial charge >= 0.3 is 5.97 Å². The fourth-order valence-electron chi connectivity index (χ4n) is 3.69. The molecule has 0 radical (unpaired) electrons. The topological polar surface area (TPSA) is 57.6 Å². The number of aromatic carboxylic acids is 1. The number of carbonyl (C=O) groups is 2. The summed E-state index contributed by atoms with van der Waals surface area (Å²) in [5.74, 6) is -0.864. The fourth-order valence-corrected chi connectivity index (χ4v) is 4.87. The van der Waals surface area contributed by atoms with Crippen molar-refractivity contribution in [2.45, 2.75) is 18.7 Å². The third-order valence-electron chi connectivity index (χ3n) is 5.26. The van der Waals surface area contributed by atoms with Crippen LogP contribution in [0.4, 0.5) is 10.1 Å². The molecule has 1 unspecified atom stereocenters. The predicted molar refractivity (Wildman–Crippen MR) is 116 cm³/mol. The molecule has 1 N–H and O–H groups in total. The molecular weight excluding hydrogens is 401 g/mol. The number of hydrogen-bond donors (Lipinski definition) is 1. The van der Waals surface area contributed by atoms with E-state index in [9.17, 15) is 19.1 Å². The van der Waals surface area contributed by atoms with Crippen LogP contribution < -0.4 is 4.90 Å². The number of anilines is 1. The van der Waals surface area contributed by atoms with Crippen LogP contribution in [0.2, 0.25) is 0 Å². The zero-order chi connectivity index (χ0) is 21.3. The molecule has 4 nitrogen and oxygen atoms in total. The lowest BCUT2D eigenvalue weighted by atomic mass is 9.95. The van der Waals surface area contributed by atoms with Gasteiger partial charge in [0.25, 0.3) is 0 Å². The molecule has 152 valence electrons. The van der Waals surface area contributed by atoms with Crippen molar-refractivity contribution in [3.63, 3.8) is 0 Å². The number of halogens is 1. The van der Waals surface area contributed by atoms with Crippen LogP contribution in [0.5, 0.6) is 0 Å². The molecule has 1 aliphatic heterocycles. The second-order valence-electron chi connectivity index (χ2n) is 7.23. The van der Waals surface area contributed by atoms with E-state index in [0.717, 1.165) is 27.9 Å². The molecule has 1 heterocycles. The molecule has 3 aromatic rings. The van der Waals surface area contributed by atoms with Gasteiger partial charge in [-0.25, -0.2) is 9.18 Å². The molecule has 1 amide bonds. The van der Waals surface area contributed by atoms with Crippen LogP contribution in [0.3, 0.4) is 0 Å². The summed E-state index contributed by atoms with van der Waals surface area (Å²) in [5.41, 5.74) is 4.64. The second kappa shape index (κ2) is 8.32. The molecule has 30 heavy (non-hydrogen) atoms. The van der Waals surface area contributed by atoms with Crippen LogP contribution in [-0.4, -0.2) is 22.7 Å². The van der Waals surface area contributed by atoms with Crippen molar-refractivity contribution in [1.29, 1.82) is 0 Å². The van der Waals surface area contributed by atoms with Crippen LogP contribution >= 0.6 is 11.8 Å². The van der Waals surface area contributed by atoms with E-state index in [1.807, 2.05) is 37.3 Å². The summed E-state index contributed by atoms with van der Waals surface area (Å²) in [5, 5.41) is 9.27. The molecule has 1 saturated heterocycles. The maximum atomic E-state index is 13.3. The number of carboxylic acids is 1. The number of amides is 1. The van der Waals surface area contributed by atoms with Crippen LogP contribution in [0, 0.1) is 12.7 Å². The Kier molecular flexibility index (Phi) is 5.59. The number of carbonyl (C=O) groups excluding carboxylic acids is 1. The standard InChI is InChI=1S/C24H20FNO3S/c1-15-3-2-4-20(24(28)29)21(15)13-16-5-11-19(12-6-16)26-22(27)14-30-23(26)17-7-9-18(25)10-8-17/h2-12,23H,13-14H2,1H3,(H,28,29). The first-order valence-electron chi connectivity index (χ1n) is 9.54. The van der Waals surface area contributed by atoms with Crippen molar-refractivity contribution in [1.82, 2.24) is 0 Å². The first kappa shape index (κ1) is 20.2. The number of aryl methyl sites for hydroxylation is 1. The molecule has 0 aliphatic carbocycles. The van der Waals surface area contributed by atoms with Gasteiger partial charge in [-0.15, -0.1) is 11.8 Å². The number of carboxylic acid groups (broad SMARTS) is 1. The van der Waals surface area contributed by atoms with E-state index in [-0.39, 0.29) is 17.1 Å². The van der Waals surface area contributed by atoms with Gasteiger partial charge in [0, 0.05) is 5.69 Å². The van der Waals surface area contributed by atoms with Crippen LogP contribution in [0.1, 0.15) is 38.0 Å². The van der Waals surface area contributed by atoms with Crippen LogP contribution in [0.25, 0.3) is 0 Å². The minimum atomic E-state index is -0.938. The monoisotopic (exact) mass is 421 g/mol. The van der Waals surface area contributed by atoms with Crippen molar-refractivity contribution >= 4 is 29.3 Å². The van der Waals surface area contributed by atoms with E-state index in [1.54, 1.807) is 29.2 Å². The van der Waals surface area contributed by atoms with E-state index < -0.39 is 5.97 Å². The second-order valence-corrected chi connectivity index (χ2v) is 8.30. The highest BCUT2D eigenvalue weighted by molar-refractivity contribution is 8.00. The van der Waals surface area contributed by atoms with E-state index in [4.69, 9.17) is 0 Å². The molecule has 3 aromatic carbocycles. The Morgan fingerprint density at radius 3 is 2.47 bits per heavy atom. The molecule has 6 heteroatoms. The molecule has 1 atom stereocenters. The summed E-state index contributed by atoms with van der Waals surface area (Å²) in [4.78, 5) is 25.8. The lowest BCUT2D eigenvalue weighted by Crippen LogP contribution is -2.27. The lowest BCUT2D eigenvalue weighted by Gasteiger charge is -2.24. The van der Waals surface area contributed by atoms with Gasteiger partial charge in [0.05, 0.1) is 11.3 Å². The van der Waals surface area contributed by atoms with Gasteiger partial charge in [-0.2, -0.15) is 0 Å². The van der Waals surface area contributed by atoms with Gasteiger partial charge in [-0.3, -0.25) is 9.69 Å². The first-order chi connectivity index (χ1) is 14.4. The van der Waals surface area contributed by atoms with Gasteiger partial charge in [0.2, 0.25) is 5.91 Å². The van der Waals surface area contributed by atoms with E-state index in [2.05, 4.69) is 0 Å². The number of benzene rings is 3. The molecule has 1 aliphatic rings. The van der Waals surface area contributed by atoms with Crippen LogP contribution in [-0.2, 0) is 11.2 Å². The molecule has 0 aromatic heterocycles. The Hall–Kier alpha value is -3.12. The van der Waals surface area contributed by atoms with E-state index >= 15 is 0 Å². The minimum absolute atomic E-state index is 0.00847. The Labute approximate surface area is 178 Å². The van der Waals surface area contributed by atoms with Gasteiger partial charge in [0.15, 0.2) is 0 Å². The molecule has 4 rings (SSSR count). The summed E-state index contributed by atoms with van der Waals surface area (Å²) < 4.78 is 13.3. The largest absolute Gasteiger partial charge is 0.478 e. The van der Waals surface area contributed by atoms with Crippen molar-refractivity contribution in [3.8, 4) is 0 Å². The summed E-state index contributed by atoms with van der Waals surface area (Å²) in [7, 11) is 0. The number of rotatable bonds is 5. The molecular formula is C24H20FNO3S. The maximum Gasteiger partial charge on any atom is 0.335 e. The lowest BCUT2D eigenvalue weighted by molar-refractivity contribution is -0.115. The summed E-state index contributed by atoms with van der Waals surface area (Å²) >= 11 is 1.51. The maximum absolute atomic E-state index is 13.3. The van der Waals surface area contributed by atoms with Crippen molar-refractivity contribution in [2.24, 2.45) is 0 Å². The summed E-state index contributed by atoms with van der Waals surface area (Å²) in [6.45, 7) is 1.91. The van der Waals surface area contributed by atoms with Gasteiger partial charge in [0.1, 0.15) is 11.2 Å². The van der Waals surface area contributed by atoms with Crippen LogP contribution in [0.15, 0.2) is 66.7 Å². The third-order valence-corrected chi connectivity index (χ3v) is 6.47. The number of nitrogens with zero attached hydrogens (tertiary/aromatic N) is 1. The average Bonchev–Trinajstić information content (AvgIpc) is 3.12. The Bertz CT molecular complexity index is 1100. The SMILES string of the molecule is Cc1cccc(C(=O)O)c1Cc1ccc(N2C(=O)CSC2c2ccc(F)cc2)cc1. The van der Waals surface area contributed by atoms with Gasteiger partial charge < -0.3 is 5.11 Å².